The molecule has 6 heteroatoms. The molecule has 0 radical (unpaired) electrons. The summed E-state index contributed by atoms with van der Waals surface area (Å²) < 4.78 is 0. The van der Waals surface area contributed by atoms with Crippen LogP contribution in [0.5, 0.6) is 0 Å². The minimum atomic E-state index is -0.0543. The predicted octanol–water partition coefficient (Wildman–Crippen LogP) is 2.76. The van der Waals surface area contributed by atoms with Gasteiger partial charge in [0.1, 0.15) is 0 Å². The van der Waals surface area contributed by atoms with Crippen molar-refractivity contribution in [3.63, 3.8) is 0 Å². The highest BCUT2D eigenvalue weighted by atomic mass is 35.5. The van der Waals surface area contributed by atoms with Crippen LogP contribution in [0.4, 0.5) is 0 Å². The average molecular weight is 327 g/mol. The van der Waals surface area contributed by atoms with E-state index in [-0.39, 0.29) is 11.8 Å². The van der Waals surface area contributed by atoms with Gasteiger partial charge in [-0.3, -0.25) is 9.59 Å². The van der Waals surface area contributed by atoms with Crippen molar-refractivity contribution in [3.8, 4) is 0 Å². The van der Waals surface area contributed by atoms with Gasteiger partial charge in [0.25, 0.3) is 5.91 Å². The zero-order chi connectivity index (χ0) is 15.4. The number of carbonyl (C=O) groups is 2. The zero-order valence-electron chi connectivity index (χ0n) is 12.3. The average Bonchev–Trinajstić information content (AvgIpc) is 2.73. The van der Waals surface area contributed by atoms with Crippen molar-refractivity contribution in [2.75, 3.05) is 32.4 Å². The lowest BCUT2D eigenvalue weighted by Crippen LogP contribution is -2.36. The van der Waals surface area contributed by atoms with Crippen LogP contribution in [0.2, 0.25) is 5.02 Å². The Kier molecular flexibility index (Phi) is 5.53. The molecule has 0 spiro atoms. The van der Waals surface area contributed by atoms with Crippen molar-refractivity contribution in [3.05, 3.63) is 28.8 Å². The van der Waals surface area contributed by atoms with Crippen molar-refractivity contribution in [2.24, 2.45) is 0 Å². The lowest BCUT2D eigenvalue weighted by molar-refractivity contribution is -0.128. The lowest BCUT2D eigenvalue weighted by Gasteiger charge is -2.22. The summed E-state index contributed by atoms with van der Waals surface area (Å²) in [6.07, 6.45) is 2.76. The summed E-state index contributed by atoms with van der Waals surface area (Å²) in [6, 6.07) is 5.51. The van der Waals surface area contributed by atoms with Gasteiger partial charge in [-0.1, -0.05) is 11.6 Å². The molecule has 0 bridgehead atoms. The molecule has 1 fully saturated rings. The van der Waals surface area contributed by atoms with Crippen LogP contribution in [0.3, 0.4) is 0 Å². The van der Waals surface area contributed by atoms with Crippen LogP contribution in [0.15, 0.2) is 23.1 Å². The number of thioether (sulfide) groups is 1. The number of halogens is 1. The maximum absolute atomic E-state index is 12.6. The second-order valence-electron chi connectivity index (χ2n) is 5.00. The topological polar surface area (TPSA) is 40.6 Å². The second kappa shape index (κ2) is 7.18. The number of carbonyl (C=O) groups excluding carboxylic acids is 2. The summed E-state index contributed by atoms with van der Waals surface area (Å²) in [5.74, 6) is 0.00742. The third kappa shape index (κ3) is 3.92. The molecule has 1 heterocycles. The van der Waals surface area contributed by atoms with E-state index >= 15 is 0 Å². The van der Waals surface area contributed by atoms with Crippen LogP contribution in [0, 0.1) is 0 Å². The fourth-order valence-corrected chi connectivity index (χ4v) is 3.04. The minimum absolute atomic E-state index is 0.0543. The number of nitrogens with zero attached hydrogens (tertiary/aromatic N) is 2. The quantitative estimate of drug-likeness (QED) is 0.785. The molecule has 1 aliphatic heterocycles. The number of benzene rings is 1. The van der Waals surface area contributed by atoms with Crippen molar-refractivity contribution in [1.82, 2.24) is 9.80 Å². The third-order valence-corrected chi connectivity index (χ3v) is 4.69. The molecular weight excluding hydrogens is 308 g/mol. The normalized spacial score (nSPS) is 15.8. The summed E-state index contributed by atoms with van der Waals surface area (Å²) in [4.78, 5) is 28.7. The molecule has 0 saturated carbocycles. The number of hydrogen-bond donors (Lipinski definition) is 0. The van der Waals surface area contributed by atoms with Gasteiger partial charge in [0, 0.05) is 38.0 Å². The molecule has 1 saturated heterocycles. The van der Waals surface area contributed by atoms with Gasteiger partial charge in [0.2, 0.25) is 5.91 Å². The van der Waals surface area contributed by atoms with Crippen LogP contribution in [-0.2, 0) is 4.79 Å². The van der Waals surface area contributed by atoms with Gasteiger partial charge >= 0.3 is 0 Å². The Morgan fingerprint density at radius 3 is 2.48 bits per heavy atom. The molecule has 1 aromatic carbocycles. The highest BCUT2D eigenvalue weighted by Gasteiger charge is 2.23. The van der Waals surface area contributed by atoms with E-state index in [2.05, 4.69) is 0 Å². The molecule has 2 amide bonds. The van der Waals surface area contributed by atoms with Gasteiger partial charge in [-0.05, 0) is 30.9 Å². The Hall–Kier alpha value is -1.20. The fraction of sp³-hybridized carbons (Fsp3) is 0.467. The van der Waals surface area contributed by atoms with Gasteiger partial charge in [0.05, 0.1) is 10.6 Å². The molecule has 4 nitrogen and oxygen atoms in total. The number of rotatable bonds is 2. The summed E-state index contributed by atoms with van der Waals surface area (Å²) in [5.41, 5.74) is 0.541. The summed E-state index contributed by atoms with van der Waals surface area (Å²) in [5, 5.41) is 0.477. The third-order valence-electron chi connectivity index (χ3n) is 3.63. The first kappa shape index (κ1) is 16.2. The molecule has 0 aromatic heterocycles. The SMILES string of the molecule is CSc1ccc(Cl)c(C(=O)N2CCCN(C(C)=O)CC2)c1. The first-order valence-electron chi connectivity index (χ1n) is 6.91. The molecular formula is C15H19ClN2O2S. The minimum Gasteiger partial charge on any atom is -0.341 e. The molecule has 1 aromatic rings. The van der Waals surface area contributed by atoms with Crippen LogP contribution in [0.25, 0.3) is 0 Å². The van der Waals surface area contributed by atoms with E-state index in [1.807, 2.05) is 18.4 Å². The van der Waals surface area contributed by atoms with Gasteiger partial charge in [-0.2, -0.15) is 0 Å². The van der Waals surface area contributed by atoms with E-state index < -0.39 is 0 Å². The van der Waals surface area contributed by atoms with E-state index in [0.29, 0.717) is 36.8 Å². The number of amides is 2. The highest BCUT2D eigenvalue weighted by Crippen LogP contribution is 2.24. The van der Waals surface area contributed by atoms with E-state index in [0.717, 1.165) is 11.3 Å². The Morgan fingerprint density at radius 1 is 1.14 bits per heavy atom. The molecule has 1 aliphatic rings. The predicted molar refractivity (Wildman–Crippen MR) is 86.0 cm³/mol. The molecule has 114 valence electrons. The molecule has 0 atom stereocenters. The van der Waals surface area contributed by atoms with Crippen LogP contribution < -0.4 is 0 Å². The summed E-state index contributed by atoms with van der Waals surface area (Å²) in [6.45, 7) is 4.07. The van der Waals surface area contributed by atoms with Gasteiger partial charge in [-0.25, -0.2) is 0 Å². The second-order valence-corrected chi connectivity index (χ2v) is 6.28. The molecule has 0 unspecified atom stereocenters. The van der Waals surface area contributed by atoms with E-state index in [1.54, 1.807) is 34.6 Å². The Labute approximate surface area is 134 Å². The van der Waals surface area contributed by atoms with Gasteiger partial charge in [-0.15, -0.1) is 11.8 Å². The maximum atomic E-state index is 12.6. The van der Waals surface area contributed by atoms with Gasteiger partial charge < -0.3 is 9.80 Å². The molecule has 2 rings (SSSR count). The monoisotopic (exact) mass is 326 g/mol. The Morgan fingerprint density at radius 2 is 1.81 bits per heavy atom. The Balaban J connectivity index is 2.14. The van der Waals surface area contributed by atoms with Gasteiger partial charge in [0.15, 0.2) is 0 Å². The van der Waals surface area contributed by atoms with Crippen molar-refractivity contribution in [1.29, 1.82) is 0 Å². The van der Waals surface area contributed by atoms with Crippen molar-refractivity contribution < 1.29 is 9.59 Å². The highest BCUT2D eigenvalue weighted by molar-refractivity contribution is 7.98. The lowest BCUT2D eigenvalue weighted by atomic mass is 10.2. The van der Waals surface area contributed by atoms with E-state index in [4.69, 9.17) is 11.6 Å². The fourth-order valence-electron chi connectivity index (χ4n) is 2.40. The largest absolute Gasteiger partial charge is 0.341 e. The van der Waals surface area contributed by atoms with Crippen LogP contribution in [-0.4, -0.2) is 54.0 Å². The molecule has 0 N–H and O–H groups in total. The van der Waals surface area contributed by atoms with Crippen LogP contribution in [0.1, 0.15) is 23.7 Å². The van der Waals surface area contributed by atoms with Crippen molar-refractivity contribution >= 4 is 35.2 Å². The van der Waals surface area contributed by atoms with E-state index in [9.17, 15) is 9.59 Å². The van der Waals surface area contributed by atoms with E-state index in [1.165, 1.54) is 0 Å². The Bertz CT molecular complexity index is 550. The summed E-state index contributed by atoms with van der Waals surface area (Å²) in [7, 11) is 0. The summed E-state index contributed by atoms with van der Waals surface area (Å²) >= 11 is 7.75. The smallest absolute Gasteiger partial charge is 0.255 e. The molecule has 0 aliphatic carbocycles. The molecule has 21 heavy (non-hydrogen) atoms. The zero-order valence-corrected chi connectivity index (χ0v) is 13.8. The first-order valence-corrected chi connectivity index (χ1v) is 8.51. The number of hydrogen-bond acceptors (Lipinski definition) is 3. The maximum Gasteiger partial charge on any atom is 0.255 e. The van der Waals surface area contributed by atoms with Crippen LogP contribution >= 0.6 is 23.4 Å². The standard InChI is InChI=1S/C15H19ClN2O2S/c1-11(19)17-6-3-7-18(9-8-17)15(20)13-10-12(21-2)4-5-14(13)16/h4-5,10H,3,6-9H2,1-2H3. The first-order chi connectivity index (χ1) is 10.0. The van der Waals surface area contributed by atoms with Crippen molar-refractivity contribution in [2.45, 2.75) is 18.2 Å².